The number of amides is 1. The standard InChI is InChI=1S/C28H26F2N2O7/c1-31-27(38)21-24(35)22(32(2)3)15-9-12-8-14-13(11-4-6-16(29)17(30)10-11)5-7-18(33)20(14)23(34)19(12)25(36)28(15,39)26(21)37/h4-7,10,12,15,22,33-34,37,39H,8-9H2,1-3H3,(H,31,38). The highest BCUT2D eigenvalue weighted by molar-refractivity contribution is 6.25. The maximum absolute atomic E-state index is 14.1. The minimum atomic E-state index is -2.70. The molecule has 3 aliphatic rings. The molecule has 2 aromatic rings. The minimum Gasteiger partial charge on any atom is -0.508 e. The number of rotatable bonds is 3. The summed E-state index contributed by atoms with van der Waals surface area (Å²) in [5.74, 6) is -9.07. The van der Waals surface area contributed by atoms with Crippen molar-refractivity contribution in [2.45, 2.75) is 24.5 Å². The predicted molar refractivity (Wildman–Crippen MR) is 134 cm³/mol. The number of aliphatic hydroxyl groups excluding tert-OH is 2. The zero-order chi connectivity index (χ0) is 28.5. The van der Waals surface area contributed by atoms with Crippen LogP contribution in [0.25, 0.3) is 16.9 Å². The molecule has 4 unspecified atom stereocenters. The monoisotopic (exact) mass is 540 g/mol. The van der Waals surface area contributed by atoms with Gasteiger partial charge in [0, 0.05) is 18.5 Å². The van der Waals surface area contributed by atoms with Gasteiger partial charge < -0.3 is 25.7 Å². The lowest BCUT2D eigenvalue weighted by atomic mass is 9.57. The Bertz CT molecular complexity index is 1530. The third-order valence-corrected chi connectivity index (χ3v) is 8.04. The first-order valence-corrected chi connectivity index (χ1v) is 12.2. The Hall–Kier alpha value is -4.09. The molecule has 0 saturated heterocycles. The molecule has 0 radical (unpaired) electrons. The molecule has 5 rings (SSSR count). The molecule has 0 bridgehead atoms. The normalized spacial score (nSPS) is 26.4. The van der Waals surface area contributed by atoms with Gasteiger partial charge in [-0.2, -0.15) is 0 Å². The maximum Gasteiger partial charge on any atom is 0.258 e. The van der Waals surface area contributed by atoms with Crippen molar-refractivity contribution in [1.82, 2.24) is 10.2 Å². The van der Waals surface area contributed by atoms with Gasteiger partial charge in [-0.3, -0.25) is 19.3 Å². The van der Waals surface area contributed by atoms with Crippen LogP contribution in [0.5, 0.6) is 5.75 Å². The van der Waals surface area contributed by atoms with Crippen molar-refractivity contribution in [1.29, 1.82) is 0 Å². The summed E-state index contributed by atoms with van der Waals surface area (Å²) >= 11 is 0. The van der Waals surface area contributed by atoms with Gasteiger partial charge in [-0.15, -0.1) is 0 Å². The van der Waals surface area contributed by atoms with Crippen LogP contribution < -0.4 is 5.32 Å². The second kappa shape index (κ2) is 8.99. The van der Waals surface area contributed by atoms with E-state index in [1.807, 2.05) is 0 Å². The molecule has 11 heteroatoms. The molecule has 1 fully saturated rings. The van der Waals surface area contributed by atoms with Crippen LogP contribution in [0.1, 0.15) is 17.5 Å². The number of fused-ring (bicyclic) bond motifs is 3. The Kier molecular flexibility index (Phi) is 6.11. The number of ketones is 2. The van der Waals surface area contributed by atoms with Gasteiger partial charge in [-0.25, -0.2) is 8.78 Å². The summed E-state index contributed by atoms with van der Waals surface area (Å²) in [6.45, 7) is 0. The second-order valence-corrected chi connectivity index (χ2v) is 10.3. The van der Waals surface area contributed by atoms with Gasteiger partial charge in [0.2, 0.25) is 5.78 Å². The number of aromatic hydroxyl groups is 1. The van der Waals surface area contributed by atoms with E-state index in [1.165, 1.54) is 44.2 Å². The van der Waals surface area contributed by atoms with E-state index in [-0.39, 0.29) is 29.5 Å². The highest BCUT2D eigenvalue weighted by Gasteiger charge is 2.64. The topological polar surface area (TPSA) is 147 Å². The average molecular weight is 541 g/mol. The van der Waals surface area contributed by atoms with E-state index in [4.69, 9.17) is 0 Å². The van der Waals surface area contributed by atoms with Crippen LogP contribution in [0.3, 0.4) is 0 Å². The highest BCUT2D eigenvalue weighted by Crippen LogP contribution is 2.53. The van der Waals surface area contributed by atoms with Crippen molar-refractivity contribution >= 4 is 23.2 Å². The molecule has 2 aromatic carbocycles. The van der Waals surface area contributed by atoms with Gasteiger partial charge in [0.25, 0.3) is 5.91 Å². The fourth-order valence-electron chi connectivity index (χ4n) is 6.28. The smallest absolute Gasteiger partial charge is 0.258 e. The summed E-state index contributed by atoms with van der Waals surface area (Å²) in [5, 5.41) is 47.0. The molecule has 0 aliphatic heterocycles. The predicted octanol–water partition coefficient (Wildman–Crippen LogP) is 2.17. The number of carbonyl (C=O) groups is 3. The molecule has 1 amide bonds. The number of aliphatic hydroxyl groups is 3. The Labute approximate surface area is 221 Å². The van der Waals surface area contributed by atoms with Crippen LogP contribution in [0.15, 0.2) is 47.2 Å². The van der Waals surface area contributed by atoms with Crippen LogP contribution in [0.4, 0.5) is 8.78 Å². The van der Waals surface area contributed by atoms with E-state index < -0.39 is 75.4 Å². The van der Waals surface area contributed by atoms with E-state index in [0.717, 1.165) is 12.1 Å². The summed E-state index contributed by atoms with van der Waals surface area (Å²) in [6.07, 6.45) is -0.0233. The van der Waals surface area contributed by atoms with E-state index in [2.05, 4.69) is 5.32 Å². The number of carbonyl (C=O) groups excluding carboxylic acids is 3. The van der Waals surface area contributed by atoms with Crippen LogP contribution in [-0.2, 0) is 20.8 Å². The van der Waals surface area contributed by atoms with Crippen molar-refractivity contribution in [2.24, 2.45) is 11.8 Å². The van der Waals surface area contributed by atoms with Gasteiger partial charge >= 0.3 is 0 Å². The first-order chi connectivity index (χ1) is 18.3. The van der Waals surface area contributed by atoms with Gasteiger partial charge in [0.1, 0.15) is 22.8 Å². The molecule has 204 valence electrons. The number of nitrogens with one attached hydrogen (secondary N) is 1. The zero-order valence-corrected chi connectivity index (χ0v) is 21.2. The molecule has 9 nitrogen and oxygen atoms in total. The largest absolute Gasteiger partial charge is 0.508 e. The Morgan fingerprint density at radius 3 is 2.38 bits per heavy atom. The van der Waals surface area contributed by atoms with E-state index in [1.54, 1.807) is 0 Å². The molecule has 0 aromatic heterocycles. The molecule has 5 N–H and O–H groups in total. The van der Waals surface area contributed by atoms with Crippen LogP contribution in [0, 0.1) is 23.5 Å². The lowest BCUT2D eigenvalue weighted by Crippen LogP contribution is -2.65. The van der Waals surface area contributed by atoms with Crippen LogP contribution in [-0.4, -0.2) is 75.6 Å². The van der Waals surface area contributed by atoms with E-state index in [0.29, 0.717) is 11.1 Å². The fraction of sp³-hybridized carbons (Fsp3) is 0.321. The Morgan fingerprint density at radius 2 is 1.77 bits per heavy atom. The molecule has 0 heterocycles. The highest BCUT2D eigenvalue weighted by atomic mass is 19.2. The molecular formula is C28H26F2N2O7. The molecule has 1 saturated carbocycles. The van der Waals surface area contributed by atoms with Crippen LogP contribution in [0.2, 0.25) is 0 Å². The van der Waals surface area contributed by atoms with Crippen molar-refractivity contribution in [2.75, 3.05) is 21.1 Å². The molecule has 4 atom stereocenters. The number of halogens is 2. The first-order valence-electron chi connectivity index (χ1n) is 12.2. The van der Waals surface area contributed by atoms with E-state index >= 15 is 0 Å². The third-order valence-electron chi connectivity index (χ3n) is 8.04. The number of Topliss-reactive ketones (excluding diaryl/α,β-unsaturated/α-hetero) is 2. The zero-order valence-electron chi connectivity index (χ0n) is 21.2. The number of hydrogen-bond acceptors (Lipinski definition) is 8. The summed E-state index contributed by atoms with van der Waals surface area (Å²) in [6, 6.07) is 4.83. The maximum atomic E-state index is 14.1. The number of likely N-dealkylation sites (N-methyl/N-ethyl adjacent to an activating group) is 2. The minimum absolute atomic E-state index is 0.0386. The van der Waals surface area contributed by atoms with Crippen molar-refractivity contribution in [3.63, 3.8) is 0 Å². The lowest BCUT2D eigenvalue weighted by molar-refractivity contribution is -0.153. The van der Waals surface area contributed by atoms with E-state index in [9.17, 15) is 43.6 Å². The summed E-state index contributed by atoms with van der Waals surface area (Å²) < 4.78 is 27.7. The quantitative estimate of drug-likeness (QED) is 0.372. The Balaban J connectivity index is 1.74. The third kappa shape index (κ3) is 3.60. The molecule has 0 spiro atoms. The van der Waals surface area contributed by atoms with Gasteiger partial charge in [0.05, 0.1) is 11.6 Å². The van der Waals surface area contributed by atoms with Crippen molar-refractivity contribution < 1.29 is 43.6 Å². The summed E-state index contributed by atoms with van der Waals surface area (Å²) in [4.78, 5) is 41.2. The second-order valence-electron chi connectivity index (χ2n) is 10.3. The van der Waals surface area contributed by atoms with Crippen molar-refractivity contribution in [3.05, 3.63) is 70.0 Å². The van der Waals surface area contributed by atoms with Crippen LogP contribution >= 0.6 is 0 Å². The molecular weight excluding hydrogens is 514 g/mol. The Morgan fingerprint density at radius 1 is 1.08 bits per heavy atom. The summed E-state index contributed by atoms with van der Waals surface area (Å²) in [5.41, 5.74) is -2.82. The van der Waals surface area contributed by atoms with Gasteiger partial charge in [0.15, 0.2) is 23.0 Å². The van der Waals surface area contributed by atoms with Gasteiger partial charge in [-0.05, 0) is 67.7 Å². The lowest BCUT2D eigenvalue weighted by Gasteiger charge is -2.50. The number of benzene rings is 2. The van der Waals surface area contributed by atoms with Gasteiger partial charge in [-0.1, -0.05) is 12.1 Å². The first kappa shape index (κ1) is 26.5. The number of phenols is 1. The van der Waals surface area contributed by atoms with Crippen molar-refractivity contribution in [3.8, 4) is 16.9 Å². The number of nitrogens with zero attached hydrogens (tertiary/aromatic N) is 1. The molecule has 3 aliphatic carbocycles. The average Bonchev–Trinajstić information content (AvgIpc) is 2.87. The summed E-state index contributed by atoms with van der Waals surface area (Å²) in [7, 11) is 4.31. The number of hydrogen-bond donors (Lipinski definition) is 5. The number of phenolic OH excluding ortho intramolecular Hbond substituents is 1. The SMILES string of the molecule is CNC(=O)C1=C(O)C2(O)C(=O)C3=C(O)c4c(O)ccc(-c5ccc(F)c(F)c5)c4CC3CC2C(N(C)C)C1=O. The molecule has 39 heavy (non-hydrogen) atoms. The fourth-order valence-corrected chi connectivity index (χ4v) is 6.28.